The predicted molar refractivity (Wildman–Crippen MR) is 156 cm³/mol. The van der Waals surface area contributed by atoms with Crippen molar-refractivity contribution in [2.24, 2.45) is 10.9 Å². The zero-order valence-electron chi connectivity index (χ0n) is 23.0. The average Bonchev–Trinajstić information content (AvgIpc) is 3.67. The lowest BCUT2D eigenvalue weighted by atomic mass is 9.98. The smallest absolute Gasteiger partial charge is 0.362 e. The number of nitrogens with two attached hydrogens (primary N) is 2. The van der Waals surface area contributed by atoms with Gasteiger partial charge >= 0.3 is 16.3 Å². The Hall–Kier alpha value is -5.19. The lowest BCUT2D eigenvalue weighted by molar-refractivity contribution is -0.152. The molecular formula is C23H27N11O9S2. The molecule has 3 atom stereocenters. The molecule has 45 heavy (non-hydrogen) atoms. The fourth-order valence-electron chi connectivity index (χ4n) is 3.92. The number of nitrogens with zero attached hydrogens (tertiary/aromatic N) is 6. The van der Waals surface area contributed by atoms with E-state index in [2.05, 4.69) is 30.9 Å². The van der Waals surface area contributed by atoms with Crippen LogP contribution in [0.5, 0.6) is 5.75 Å². The Labute approximate surface area is 258 Å². The number of amidine groups is 1. The average molecular weight is 666 g/mol. The molecule has 1 saturated heterocycles. The van der Waals surface area contributed by atoms with Gasteiger partial charge in [-0.2, -0.15) is 13.5 Å². The maximum absolute atomic E-state index is 13.3. The van der Waals surface area contributed by atoms with Crippen LogP contribution in [0.1, 0.15) is 11.3 Å². The number of amides is 2. The summed E-state index contributed by atoms with van der Waals surface area (Å²) >= 11 is 0.929. The predicted octanol–water partition coefficient (Wildman–Crippen LogP) is -2.36. The van der Waals surface area contributed by atoms with Crippen molar-refractivity contribution >= 4 is 56.1 Å². The van der Waals surface area contributed by atoms with Crippen LogP contribution in [0.25, 0.3) is 0 Å². The van der Waals surface area contributed by atoms with Gasteiger partial charge in [-0.1, -0.05) is 5.16 Å². The summed E-state index contributed by atoms with van der Waals surface area (Å²) in [6.07, 6.45) is 0.664. The molecule has 9 N–H and O–H groups in total. The van der Waals surface area contributed by atoms with E-state index in [4.69, 9.17) is 26.5 Å². The first kappa shape index (κ1) is 32.7. The zero-order valence-corrected chi connectivity index (χ0v) is 24.6. The second-order valence-corrected chi connectivity index (χ2v) is 11.3. The van der Waals surface area contributed by atoms with Crippen molar-refractivity contribution in [3.63, 3.8) is 0 Å². The highest BCUT2D eigenvalue weighted by molar-refractivity contribution is 7.84. The first-order valence-electron chi connectivity index (χ1n) is 12.8. The molecule has 1 aliphatic rings. The molecule has 240 valence electrons. The van der Waals surface area contributed by atoms with E-state index in [1.54, 1.807) is 12.1 Å². The Morgan fingerprint density at radius 1 is 1.27 bits per heavy atom. The van der Waals surface area contributed by atoms with Crippen molar-refractivity contribution in [3.8, 4) is 5.75 Å². The molecule has 2 aromatic heterocycles. The summed E-state index contributed by atoms with van der Waals surface area (Å²) in [6, 6.07) is 3.40. The second kappa shape index (κ2) is 14.1. The van der Waals surface area contributed by atoms with Gasteiger partial charge in [-0.15, -0.1) is 11.3 Å². The van der Waals surface area contributed by atoms with Crippen LogP contribution in [-0.4, -0.2) is 109 Å². The summed E-state index contributed by atoms with van der Waals surface area (Å²) in [5, 5.41) is 31.6. The van der Waals surface area contributed by atoms with Crippen molar-refractivity contribution in [3.05, 3.63) is 53.6 Å². The summed E-state index contributed by atoms with van der Waals surface area (Å²) < 4.78 is 40.0. The Morgan fingerprint density at radius 3 is 2.58 bits per heavy atom. The molecule has 0 radical (unpaired) electrons. The third kappa shape index (κ3) is 8.05. The number of oxime groups is 1. The number of rotatable bonds is 15. The summed E-state index contributed by atoms with van der Waals surface area (Å²) in [5.74, 6) is -3.35. The van der Waals surface area contributed by atoms with Crippen LogP contribution < -0.4 is 26.8 Å². The topological polar surface area (TPSA) is 303 Å². The Bertz CT molecular complexity index is 1680. The van der Waals surface area contributed by atoms with Gasteiger partial charge in [0.25, 0.3) is 17.9 Å². The molecule has 3 heterocycles. The van der Waals surface area contributed by atoms with Gasteiger partial charge in [0.1, 0.15) is 42.6 Å². The summed E-state index contributed by atoms with van der Waals surface area (Å²) in [5.41, 5.74) is 10.9. The number of carboxylic acid groups (broad SMARTS) is 1. The van der Waals surface area contributed by atoms with Gasteiger partial charge < -0.3 is 36.8 Å². The number of carboxylic acids is 1. The molecule has 0 saturated carbocycles. The van der Waals surface area contributed by atoms with Crippen LogP contribution in [0.2, 0.25) is 0 Å². The van der Waals surface area contributed by atoms with Gasteiger partial charge in [0, 0.05) is 24.0 Å². The number of aliphatic carboxylic acids is 1. The Morgan fingerprint density at radius 2 is 2.00 bits per heavy atom. The van der Waals surface area contributed by atoms with Crippen LogP contribution >= 0.6 is 11.3 Å². The number of carbonyl (C=O) groups is 3. The van der Waals surface area contributed by atoms with E-state index in [-0.39, 0.29) is 33.3 Å². The van der Waals surface area contributed by atoms with Crippen LogP contribution in [0.4, 0.5) is 5.13 Å². The van der Waals surface area contributed by atoms with E-state index < -0.39 is 58.6 Å². The fourth-order valence-corrected chi connectivity index (χ4v) is 5.34. The number of nitrogen functional groups attached to an aromatic ring is 1. The third-order valence-electron chi connectivity index (χ3n) is 6.06. The SMILES string of the molecule is N=C(NCCN)c1ccc(OC[C@H](O/N=C(\C(=O)NC2C(=O)N(S(=O)(=O)O)[C@H]2Cn2cncn2)c2csc(N)n2)C(=O)O)cc1. The number of hydrogen-bond acceptors (Lipinski definition) is 15. The fraction of sp³-hybridized carbons (Fsp3) is 0.304. The molecule has 0 spiro atoms. The lowest BCUT2D eigenvalue weighted by Gasteiger charge is -2.43. The lowest BCUT2D eigenvalue weighted by Crippen LogP contribution is -2.73. The number of carbonyl (C=O) groups excluding carboxylic acids is 2. The third-order valence-corrected chi connectivity index (χ3v) is 7.68. The largest absolute Gasteiger partial charge is 0.489 e. The molecule has 2 amide bonds. The van der Waals surface area contributed by atoms with Crippen molar-refractivity contribution in [1.29, 1.82) is 5.41 Å². The number of nitrogens with one attached hydrogen (secondary N) is 3. The van der Waals surface area contributed by atoms with Crippen molar-refractivity contribution < 1.29 is 42.0 Å². The van der Waals surface area contributed by atoms with E-state index in [0.717, 1.165) is 17.7 Å². The minimum atomic E-state index is -4.98. The summed E-state index contributed by atoms with van der Waals surface area (Å²) in [7, 11) is -4.98. The number of benzene rings is 1. The van der Waals surface area contributed by atoms with Crippen molar-refractivity contribution in [2.75, 3.05) is 25.4 Å². The molecular weight excluding hydrogens is 638 g/mol. The summed E-state index contributed by atoms with van der Waals surface area (Å²) in [6.45, 7) is -0.0720. The van der Waals surface area contributed by atoms with Gasteiger partial charge in [0.15, 0.2) is 10.8 Å². The minimum absolute atomic E-state index is 0.0275. The number of β-lactam (4-membered cyclic amide) rings is 1. The zero-order chi connectivity index (χ0) is 32.7. The minimum Gasteiger partial charge on any atom is -0.489 e. The molecule has 1 aliphatic heterocycles. The van der Waals surface area contributed by atoms with Crippen LogP contribution in [0.15, 0.2) is 47.5 Å². The van der Waals surface area contributed by atoms with Gasteiger partial charge in [-0.3, -0.25) is 24.2 Å². The normalized spacial score (nSPS) is 17.2. The monoisotopic (exact) mass is 665 g/mol. The van der Waals surface area contributed by atoms with Gasteiger partial charge in [-0.05, 0) is 24.3 Å². The number of aromatic nitrogens is 4. The Balaban J connectivity index is 1.48. The van der Waals surface area contributed by atoms with E-state index >= 15 is 0 Å². The second-order valence-electron chi connectivity index (χ2n) is 9.12. The molecule has 0 aliphatic carbocycles. The molecule has 22 heteroatoms. The first-order chi connectivity index (χ1) is 21.4. The maximum Gasteiger partial charge on any atom is 0.362 e. The highest BCUT2D eigenvalue weighted by Gasteiger charge is 2.54. The number of hydrogen-bond donors (Lipinski definition) is 7. The van der Waals surface area contributed by atoms with E-state index in [1.165, 1.54) is 28.5 Å². The molecule has 0 bridgehead atoms. The molecule has 1 unspecified atom stereocenters. The molecule has 20 nitrogen and oxygen atoms in total. The van der Waals surface area contributed by atoms with Gasteiger partial charge in [0.2, 0.25) is 0 Å². The van der Waals surface area contributed by atoms with E-state index in [9.17, 15) is 32.5 Å². The molecule has 4 rings (SSSR count). The number of anilines is 1. The molecule has 3 aromatic rings. The van der Waals surface area contributed by atoms with Crippen molar-refractivity contribution in [1.82, 2.24) is 34.7 Å². The van der Waals surface area contributed by atoms with Gasteiger partial charge in [-0.25, -0.2) is 19.1 Å². The summed E-state index contributed by atoms with van der Waals surface area (Å²) in [4.78, 5) is 50.6. The number of ether oxygens (including phenoxy) is 1. The Kier molecular flexibility index (Phi) is 10.2. The highest BCUT2D eigenvalue weighted by atomic mass is 32.2. The first-order valence-corrected chi connectivity index (χ1v) is 15.0. The van der Waals surface area contributed by atoms with Crippen LogP contribution in [-0.2, 0) is 36.1 Å². The van der Waals surface area contributed by atoms with E-state index in [0.29, 0.717) is 18.7 Å². The number of thiazole rings is 1. The quantitative estimate of drug-likeness (QED) is 0.0294. The van der Waals surface area contributed by atoms with Crippen LogP contribution in [0, 0.1) is 5.41 Å². The van der Waals surface area contributed by atoms with Crippen molar-refractivity contribution in [2.45, 2.75) is 24.7 Å². The van der Waals surface area contributed by atoms with Gasteiger partial charge in [0.05, 0.1) is 12.6 Å². The molecule has 1 aromatic carbocycles. The standard InChI is InChI=1S/C23H27N11O9S2/c24-5-6-28-19(25)12-1-3-13(4-2-12)42-8-16(22(37)38)43-32-17(14-9-44-23(26)30-14)20(35)31-18-15(7-33-11-27-10-29-33)34(21(18)36)45(39,40)41/h1-4,9-11,15-16,18H,5-8,24H2,(H2,25,28)(H2,26,30)(H,31,35)(H,37,38)(H,39,40,41)/b32-17-/t15-,16-,18?/m0/s1. The maximum atomic E-state index is 13.3. The van der Waals surface area contributed by atoms with Crippen LogP contribution in [0.3, 0.4) is 0 Å². The van der Waals surface area contributed by atoms with E-state index in [1.807, 2.05) is 0 Å². The highest BCUT2D eigenvalue weighted by Crippen LogP contribution is 2.25. The molecule has 1 fully saturated rings.